The quantitative estimate of drug-likeness (QED) is 0.314. The van der Waals surface area contributed by atoms with Crippen LogP contribution in [0, 0.1) is 17.7 Å². The van der Waals surface area contributed by atoms with Crippen molar-refractivity contribution < 1.29 is 39.1 Å². The predicted molar refractivity (Wildman–Crippen MR) is 127 cm³/mol. The topological polar surface area (TPSA) is 169 Å². The average molecular weight is 516 g/mol. The molecular formula is C26H30FN3O7. The second kappa shape index (κ2) is 7.31. The van der Waals surface area contributed by atoms with E-state index < -0.39 is 69.6 Å². The zero-order chi connectivity index (χ0) is 26.8. The second-order valence-electron chi connectivity index (χ2n) is 11.5. The summed E-state index contributed by atoms with van der Waals surface area (Å²) in [4.78, 5) is 27.5. The minimum atomic E-state index is -2.41. The summed E-state index contributed by atoms with van der Waals surface area (Å²) >= 11 is 0. The summed E-state index contributed by atoms with van der Waals surface area (Å²) in [6, 6.07) is 0.351. The van der Waals surface area contributed by atoms with Crippen LogP contribution in [0.2, 0.25) is 0 Å². The number of fused-ring (bicyclic) bond motifs is 2. The lowest BCUT2D eigenvalue weighted by atomic mass is 9.60. The van der Waals surface area contributed by atoms with Gasteiger partial charge < -0.3 is 36.2 Å². The van der Waals surface area contributed by atoms with Crippen molar-refractivity contribution >= 4 is 11.7 Å². The molecule has 0 bridgehead atoms. The van der Waals surface area contributed by atoms with Crippen LogP contribution in [0.1, 0.15) is 47.7 Å². The summed E-state index contributed by atoms with van der Waals surface area (Å²) in [5, 5.41) is 47.7. The molecular weight excluding hydrogens is 485 g/mol. The van der Waals surface area contributed by atoms with Crippen LogP contribution in [0.4, 0.5) is 4.39 Å². The van der Waals surface area contributed by atoms with Crippen LogP contribution in [-0.4, -0.2) is 74.1 Å². The van der Waals surface area contributed by atoms with Gasteiger partial charge in [0, 0.05) is 34.7 Å². The molecule has 10 nitrogen and oxygen atoms in total. The van der Waals surface area contributed by atoms with E-state index in [1.54, 1.807) is 19.0 Å². The maximum atomic E-state index is 15.7. The molecule has 1 heterocycles. The van der Waals surface area contributed by atoms with Crippen molar-refractivity contribution in [2.24, 2.45) is 17.6 Å². The third-order valence-corrected chi connectivity index (χ3v) is 8.95. The highest BCUT2D eigenvalue weighted by Gasteiger charge is 2.84. The normalized spacial score (nSPS) is 35.1. The van der Waals surface area contributed by atoms with Gasteiger partial charge in [-0.3, -0.25) is 14.5 Å². The number of nitrogens with zero attached hydrogens (tertiary/aromatic N) is 1. The maximum Gasteiger partial charge on any atom is 0.253 e. The van der Waals surface area contributed by atoms with Gasteiger partial charge in [0.1, 0.15) is 28.7 Å². The number of carbonyl (C=O) groups excluding carboxylic acids is 2. The summed E-state index contributed by atoms with van der Waals surface area (Å²) < 4.78 is 21.3. The molecule has 11 heteroatoms. The van der Waals surface area contributed by atoms with Crippen molar-refractivity contribution in [3.05, 3.63) is 51.2 Å². The number of benzene rings is 1. The number of rotatable bonds is 5. The highest BCUT2D eigenvalue weighted by molar-refractivity contribution is 6.13. The maximum absolute atomic E-state index is 15.7. The molecule has 5 aliphatic rings. The number of aliphatic hydroxyl groups is 3. The van der Waals surface area contributed by atoms with E-state index in [2.05, 4.69) is 5.32 Å². The lowest BCUT2D eigenvalue weighted by Crippen LogP contribution is -2.57. The van der Waals surface area contributed by atoms with Gasteiger partial charge in [0.25, 0.3) is 5.91 Å². The Kier molecular flexibility index (Phi) is 4.81. The van der Waals surface area contributed by atoms with Gasteiger partial charge in [-0.1, -0.05) is 0 Å². The van der Waals surface area contributed by atoms with E-state index in [-0.39, 0.29) is 47.2 Å². The number of aliphatic hydroxyl groups excluding tert-OH is 2. The number of ketones is 1. The largest absolute Gasteiger partial charge is 0.510 e. The third-order valence-electron chi connectivity index (χ3n) is 8.95. The van der Waals surface area contributed by atoms with Gasteiger partial charge in [-0.25, -0.2) is 4.39 Å². The van der Waals surface area contributed by atoms with Crippen molar-refractivity contribution in [1.29, 1.82) is 0 Å². The first-order chi connectivity index (χ1) is 17.3. The standard InChI is InChI=1S/C26H30FN3O7/c1-24(4-5-24)29-9-11-8-14(31)16-12(18(11)27)6-10-7-13-19(30(2)3)21(33)17(23(28)35)26(36)25(13,37-26)22(34)15(10)20(16)32/h8,10,13,19,29,31,33-34,36H,4-7,9H2,1-3H3,(H2,28,35)/t10-,13-,19-,25-,26?/m0/s1. The molecule has 1 spiro atoms. The van der Waals surface area contributed by atoms with Gasteiger partial charge >= 0.3 is 0 Å². The van der Waals surface area contributed by atoms with Crippen LogP contribution in [0.3, 0.4) is 0 Å². The van der Waals surface area contributed by atoms with E-state index in [1.807, 2.05) is 6.92 Å². The second-order valence-corrected chi connectivity index (χ2v) is 11.5. The number of phenolic OH excluding ortho intramolecular Hbond substituents is 1. The van der Waals surface area contributed by atoms with Gasteiger partial charge in [-0.15, -0.1) is 0 Å². The molecule has 198 valence electrons. The molecule has 4 aliphatic carbocycles. The predicted octanol–water partition coefficient (Wildman–Crippen LogP) is 1.06. The van der Waals surface area contributed by atoms with Crippen LogP contribution in [-0.2, 0) is 22.5 Å². The number of allylic oxidation sites excluding steroid dienone is 1. The fourth-order valence-corrected chi connectivity index (χ4v) is 6.76. The molecule has 1 aromatic carbocycles. The number of epoxide rings is 1. The number of aromatic hydroxyl groups is 1. The summed E-state index contributed by atoms with van der Waals surface area (Å²) in [6.07, 6.45) is 2.10. The van der Waals surface area contributed by atoms with Crippen LogP contribution >= 0.6 is 0 Å². The molecule has 5 atom stereocenters. The Labute approximate surface area is 212 Å². The molecule has 1 saturated carbocycles. The fraction of sp³-hybridized carbons (Fsp3) is 0.538. The zero-order valence-corrected chi connectivity index (χ0v) is 20.8. The SMILES string of the molecule is CN(C)[C@@H]1C(O)=C(C(N)=O)C2(O)O[C@@]23C(O)=C2C(=O)c4c(O)cc(CNC5(C)CC5)c(F)c4C[C@H]2C[C@@H]13. The molecule has 1 unspecified atom stereocenters. The van der Waals surface area contributed by atoms with Crippen LogP contribution in [0.5, 0.6) is 5.75 Å². The Morgan fingerprint density at radius 2 is 1.97 bits per heavy atom. The summed E-state index contributed by atoms with van der Waals surface area (Å²) in [6.45, 7) is 2.23. The van der Waals surface area contributed by atoms with Gasteiger partial charge in [0.15, 0.2) is 11.4 Å². The van der Waals surface area contributed by atoms with Crippen molar-refractivity contribution in [3.63, 3.8) is 0 Å². The minimum absolute atomic E-state index is 0.0171. The van der Waals surface area contributed by atoms with Crippen LogP contribution in [0.25, 0.3) is 0 Å². The summed E-state index contributed by atoms with van der Waals surface area (Å²) in [5.74, 6) is -7.78. The number of nitrogens with one attached hydrogen (secondary N) is 1. The van der Waals surface area contributed by atoms with E-state index in [0.717, 1.165) is 12.8 Å². The van der Waals surface area contributed by atoms with Crippen LogP contribution < -0.4 is 11.1 Å². The molecule has 0 radical (unpaired) electrons. The molecule has 7 N–H and O–H groups in total. The molecule has 2 fully saturated rings. The van der Waals surface area contributed by atoms with E-state index in [9.17, 15) is 30.0 Å². The molecule has 1 aliphatic heterocycles. The molecule has 1 saturated heterocycles. The Morgan fingerprint density at radius 1 is 1.30 bits per heavy atom. The van der Waals surface area contributed by atoms with E-state index in [4.69, 9.17) is 10.5 Å². The fourth-order valence-electron chi connectivity index (χ4n) is 6.76. The number of amides is 1. The van der Waals surface area contributed by atoms with Crippen molar-refractivity contribution in [1.82, 2.24) is 10.2 Å². The first-order valence-corrected chi connectivity index (χ1v) is 12.4. The van der Waals surface area contributed by atoms with E-state index in [1.165, 1.54) is 6.07 Å². The lowest BCUT2D eigenvalue weighted by molar-refractivity contribution is -0.117. The highest BCUT2D eigenvalue weighted by atomic mass is 19.1. The number of ether oxygens (including phenoxy) is 1. The van der Waals surface area contributed by atoms with Gasteiger partial charge in [-0.05, 0) is 58.7 Å². The summed E-state index contributed by atoms with van der Waals surface area (Å²) in [7, 11) is 3.30. The summed E-state index contributed by atoms with van der Waals surface area (Å²) in [5.41, 5.74) is 2.92. The molecule has 6 rings (SSSR count). The number of nitrogens with two attached hydrogens (primary N) is 1. The number of hydrogen-bond acceptors (Lipinski definition) is 9. The van der Waals surface area contributed by atoms with Gasteiger partial charge in [0.05, 0.1) is 11.6 Å². The number of likely N-dealkylation sites (N-methyl/N-ethyl adjacent to an activating group) is 1. The number of primary amides is 1. The number of halogens is 1. The Hall–Kier alpha value is -2.99. The minimum Gasteiger partial charge on any atom is -0.510 e. The van der Waals surface area contributed by atoms with Crippen molar-refractivity contribution in [3.8, 4) is 5.75 Å². The third kappa shape index (κ3) is 2.99. The van der Waals surface area contributed by atoms with E-state index in [0.29, 0.717) is 0 Å². The van der Waals surface area contributed by atoms with Gasteiger partial charge in [0.2, 0.25) is 5.79 Å². The van der Waals surface area contributed by atoms with Crippen LogP contribution in [0.15, 0.2) is 28.7 Å². The Balaban J connectivity index is 1.47. The molecule has 1 aromatic rings. The van der Waals surface area contributed by atoms with E-state index >= 15 is 4.39 Å². The molecule has 1 amide bonds. The highest BCUT2D eigenvalue weighted by Crippen LogP contribution is 2.68. The van der Waals surface area contributed by atoms with Gasteiger partial charge in [-0.2, -0.15) is 0 Å². The smallest absolute Gasteiger partial charge is 0.253 e. The zero-order valence-electron chi connectivity index (χ0n) is 20.8. The monoisotopic (exact) mass is 515 g/mol. The Morgan fingerprint density at radius 3 is 2.57 bits per heavy atom. The lowest BCUT2D eigenvalue weighted by Gasteiger charge is -2.45. The Bertz CT molecular complexity index is 1350. The first kappa shape index (κ1) is 24.4. The number of carbonyl (C=O) groups is 2. The first-order valence-electron chi connectivity index (χ1n) is 12.4. The molecule has 0 aromatic heterocycles. The average Bonchev–Trinajstić information content (AvgIpc) is 3.68. The number of Topliss-reactive ketones (excluding diaryl/α,β-unsaturated/α-hetero) is 1. The van der Waals surface area contributed by atoms with Crippen molar-refractivity contribution in [2.75, 3.05) is 14.1 Å². The number of phenols is 1. The molecule has 37 heavy (non-hydrogen) atoms. The number of hydrogen-bond donors (Lipinski definition) is 6. The van der Waals surface area contributed by atoms with Crippen molar-refractivity contribution in [2.45, 2.75) is 62.1 Å².